The normalized spacial score (nSPS) is 11.3. The van der Waals surface area contributed by atoms with Crippen LogP contribution in [-0.2, 0) is 15.8 Å². The van der Waals surface area contributed by atoms with E-state index in [2.05, 4.69) is 9.71 Å². The number of halogens is 1. The average molecular weight is 297 g/mol. The Kier molecular flexibility index (Phi) is 4.07. The van der Waals surface area contributed by atoms with E-state index in [4.69, 9.17) is 11.6 Å². The number of rotatable bonds is 4. The third-order valence-electron chi connectivity index (χ3n) is 2.39. The number of sulfonamides is 1. The molecule has 0 spiro atoms. The first-order valence-corrected chi connectivity index (χ1v) is 7.66. The summed E-state index contributed by atoms with van der Waals surface area (Å²) in [5.74, 6) is 0.186. The maximum Gasteiger partial charge on any atom is 0.238 e. The van der Waals surface area contributed by atoms with Crippen LogP contribution >= 0.6 is 11.6 Å². The molecule has 0 aliphatic heterocycles. The van der Waals surface area contributed by atoms with Gasteiger partial charge < -0.3 is 0 Å². The number of anilines is 1. The van der Waals surface area contributed by atoms with Crippen LogP contribution < -0.4 is 4.72 Å². The van der Waals surface area contributed by atoms with Crippen molar-refractivity contribution in [1.82, 2.24) is 4.98 Å². The van der Waals surface area contributed by atoms with E-state index in [1.54, 1.807) is 49.4 Å². The zero-order valence-electron chi connectivity index (χ0n) is 10.3. The van der Waals surface area contributed by atoms with Gasteiger partial charge in [0.1, 0.15) is 5.82 Å². The molecule has 2 aromatic rings. The number of hydrogen-bond donors (Lipinski definition) is 1. The minimum atomic E-state index is -3.49. The van der Waals surface area contributed by atoms with E-state index in [0.29, 0.717) is 16.4 Å². The number of aryl methyl sites for hydroxylation is 1. The van der Waals surface area contributed by atoms with Crippen LogP contribution in [0.4, 0.5) is 5.82 Å². The Bertz CT molecular complexity index is 633. The standard InChI is InChI=1S/C13H13ClN2O2S/c1-10-4-2-7-13(15-10)16-19(17,18)9-11-5-3-6-12(14)8-11/h2-8H,9H2,1H3,(H,15,16). The van der Waals surface area contributed by atoms with Crippen LogP contribution in [-0.4, -0.2) is 13.4 Å². The van der Waals surface area contributed by atoms with Crippen molar-refractivity contribution >= 4 is 27.4 Å². The lowest BCUT2D eigenvalue weighted by atomic mass is 10.2. The Labute approximate surface area is 117 Å². The van der Waals surface area contributed by atoms with Gasteiger partial charge in [0, 0.05) is 10.7 Å². The van der Waals surface area contributed by atoms with Gasteiger partial charge in [0.15, 0.2) is 0 Å². The van der Waals surface area contributed by atoms with E-state index >= 15 is 0 Å². The molecule has 0 atom stereocenters. The van der Waals surface area contributed by atoms with Crippen LogP contribution in [0.1, 0.15) is 11.3 Å². The van der Waals surface area contributed by atoms with Gasteiger partial charge in [-0.2, -0.15) is 0 Å². The van der Waals surface area contributed by atoms with Crippen LogP contribution in [0.5, 0.6) is 0 Å². The number of hydrogen-bond acceptors (Lipinski definition) is 3. The summed E-state index contributed by atoms with van der Waals surface area (Å²) in [4.78, 5) is 4.10. The zero-order chi connectivity index (χ0) is 13.9. The molecule has 0 aliphatic rings. The van der Waals surface area contributed by atoms with Crippen LogP contribution in [0.3, 0.4) is 0 Å². The molecule has 4 nitrogen and oxygen atoms in total. The molecule has 0 saturated heterocycles. The summed E-state index contributed by atoms with van der Waals surface area (Å²) in [5, 5.41) is 0.515. The summed E-state index contributed by atoms with van der Waals surface area (Å²) in [7, 11) is -3.49. The highest BCUT2D eigenvalue weighted by atomic mass is 35.5. The number of pyridine rings is 1. The number of aromatic nitrogens is 1. The van der Waals surface area contributed by atoms with Crippen molar-refractivity contribution in [1.29, 1.82) is 0 Å². The largest absolute Gasteiger partial charge is 0.267 e. The molecule has 0 aliphatic carbocycles. The zero-order valence-corrected chi connectivity index (χ0v) is 11.9. The Balaban J connectivity index is 2.15. The highest BCUT2D eigenvalue weighted by molar-refractivity contribution is 7.91. The first-order valence-electron chi connectivity index (χ1n) is 5.63. The Hall–Kier alpha value is -1.59. The monoisotopic (exact) mass is 296 g/mol. The van der Waals surface area contributed by atoms with Gasteiger partial charge in [-0.1, -0.05) is 29.8 Å². The second kappa shape index (κ2) is 5.59. The molecule has 0 bridgehead atoms. The molecule has 0 unspecified atom stereocenters. The molecule has 0 amide bonds. The van der Waals surface area contributed by atoms with Gasteiger partial charge in [-0.3, -0.25) is 4.72 Å². The molecular formula is C13H13ClN2O2S. The van der Waals surface area contributed by atoms with Crippen molar-refractivity contribution in [3.8, 4) is 0 Å². The first-order chi connectivity index (χ1) is 8.94. The molecule has 100 valence electrons. The third kappa shape index (κ3) is 4.22. The summed E-state index contributed by atoms with van der Waals surface area (Å²) in [5.41, 5.74) is 1.38. The third-order valence-corrected chi connectivity index (χ3v) is 3.86. The second-order valence-corrected chi connectivity index (χ2v) is 6.31. The fourth-order valence-electron chi connectivity index (χ4n) is 1.64. The van der Waals surface area contributed by atoms with Crippen molar-refractivity contribution in [2.75, 3.05) is 4.72 Å². The smallest absolute Gasteiger partial charge is 0.238 e. The van der Waals surface area contributed by atoms with Gasteiger partial charge >= 0.3 is 0 Å². The van der Waals surface area contributed by atoms with Crippen LogP contribution in [0.25, 0.3) is 0 Å². The molecule has 0 saturated carbocycles. The van der Waals surface area contributed by atoms with E-state index in [0.717, 1.165) is 5.69 Å². The molecule has 1 aromatic carbocycles. The molecule has 1 N–H and O–H groups in total. The SMILES string of the molecule is Cc1cccc(NS(=O)(=O)Cc2cccc(Cl)c2)n1. The summed E-state index contributed by atoms with van der Waals surface area (Å²) < 4.78 is 26.4. The lowest BCUT2D eigenvalue weighted by molar-refractivity contribution is 0.600. The first kappa shape index (κ1) is 13.8. The average Bonchev–Trinajstić information content (AvgIpc) is 2.27. The molecule has 2 rings (SSSR count). The topological polar surface area (TPSA) is 59.1 Å². The van der Waals surface area contributed by atoms with Gasteiger partial charge in [-0.25, -0.2) is 13.4 Å². The molecule has 19 heavy (non-hydrogen) atoms. The minimum absolute atomic E-state index is 0.136. The number of benzene rings is 1. The molecular weight excluding hydrogens is 284 g/mol. The Morgan fingerprint density at radius 3 is 2.63 bits per heavy atom. The van der Waals surface area contributed by atoms with Crippen molar-refractivity contribution < 1.29 is 8.42 Å². The van der Waals surface area contributed by atoms with Crippen LogP contribution in [0.2, 0.25) is 5.02 Å². The fourth-order valence-corrected chi connectivity index (χ4v) is 2.98. The van der Waals surface area contributed by atoms with Crippen molar-refractivity contribution in [3.05, 3.63) is 58.7 Å². The fraction of sp³-hybridized carbons (Fsp3) is 0.154. The summed E-state index contributed by atoms with van der Waals surface area (Å²) in [6.07, 6.45) is 0. The van der Waals surface area contributed by atoms with E-state index in [-0.39, 0.29) is 5.75 Å². The Morgan fingerprint density at radius 1 is 1.21 bits per heavy atom. The number of nitrogens with one attached hydrogen (secondary N) is 1. The van der Waals surface area contributed by atoms with Gasteiger partial charge in [-0.05, 0) is 36.8 Å². The van der Waals surface area contributed by atoms with Crippen LogP contribution in [0, 0.1) is 6.92 Å². The highest BCUT2D eigenvalue weighted by Crippen LogP contribution is 2.15. The van der Waals surface area contributed by atoms with Crippen molar-refractivity contribution in [3.63, 3.8) is 0 Å². The van der Waals surface area contributed by atoms with Gasteiger partial charge in [0.05, 0.1) is 5.75 Å². The minimum Gasteiger partial charge on any atom is -0.267 e. The summed E-state index contributed by atoms with van der Waals surface area (Å²) >= 11 is 5.83. The van der Waals surface area contributed by atoms with E-state index in [1.807, 2.05) is 0 Å². The lowest BCUT2D eigenvalue weighted by Crippen LogP contribution is -2.16. The maximum absolute atomic E-state index is 12.0. The quantitative estimate of drug-likeness (QED) is 0.943. The molecule has 0 radical (unpaired) electrons. The Morgan fingerprint density at radius 2 is 1.95 bits per heavy atom. The molecule has 1 heterocycles. The van der Waals surface area contributed by atoms with Gasteiger partial charge in [0.25, 0.3) is 0 Å². The van der Waals surface area contributed by atoms with Crippen molar-refractivity contribution in [2.24, 2.45) is 0 Å². The van der Waals surface area contributed by atoms with E-state index in [1.165, 1.54) is 0 Å². The van der Waals surface area contributed by atoms with Gasteiger partial charge in [0.2, 0.25) is 10.0 Å². The predicted octanol–water partition coefficient (Wildman–Crippen LogP) is 2.99. The number of nitrogens with zero attached hydrogens (tertiary/aromatic N) is 1. The summed E-state index contributed by atoms with van der Waals surface area (Å²) in [6, 6.07) is 11.9. The maximum atomic E-state index is 12.0. The van der Waals surface area contributed by atoms with E-state index in [9.17, 15) is 8.42 Å². The van der Waals surface area contributed by atoms with E-state index < -0.39 is 10.0 Å². The summed E-state index contributed by atoms with van der Waals surface area (Å²) in [6.45, 7) is 1.80. The predicted molar refractivity (Wildman–Crippen MR) is 76.7 cm³/mol. The van der Waals surface area contributed by atoms with Crippen molar-refractivity contribution in [2.45, 2.75) is 12.7 Å². The molecule has 0 fully saturated rings. The van der Waals surface area contributed by atoms with Gasteiger partial charge in [-0.15, -0.1) is 0 Å². The second-order valence-electron chi connectivity index (χ2n) is 4.16. The molecule has 1 aromatic heterocycles. The van der Waals surface area contributed by atoms with Crippen LogP contribution in [0.15, 0.2) is 42.5 Å². The lowest BCUT2D eigenvalue weighted by Gasteiger charge is -2.08. The molecule has 6 heteroatoms. The highest BCUT2D eigenvalue weighted by Gasteiger charge is 2.12.